The first-order valence-corrected chi connectivity index (χ1v) is 9.56. The molecule has 1 N–H and O–H groups in total. The number of fused-ring (bicyclic) bond motifs is 1. The number of anilines is 1. The number of hydrogen-bond acceptors (Lipinski definition) is 5. The Morgan fingerprint density at radius 2 is 2.26 bits per heavy atom. The van der Waals surface area contributed by atoms with E-state index in [9.17, 15) is 14.9 Å². The molecule has 1 amide bonds. The molecule has 1 aliphatic heterocycles. The SMILES string of the molecule is CCCC(=O)NCC1CCCN(c2cc(C)nc3c([N+](=O)[O-])cccc23)C1. The zero-order valence-corrected chi connectivity index (χ0v) is 15.9. The van der Waals surface area contributed by atoms with Crippen molar-refractivity contribution in [1.29, 1.82) is 0 Å². The molecule has 0 saturated carbocycles. The van der Waals surface area contributed by atoms with Crippen LogP contribution in [0.25, 0.3) is 10.9 Å². The number of aryl methyl sites for hydroxylation is 1. The number of aromatic nitrogens is 1. The van der Waals surface area contributed by atoms with Crippen molar-refractivity contribution in [1.82, 2.24) is 10.3 Å². The summed E-state index contributed by atoms with van der Waals surface area (Å²) in [5.41, 5.74) is 2.24. The Morgan fingerprint density at radius 1 is 1.44 bits per heavy atom. The summed E-state index contributed by atoms with van der Waals surface area (Å²) in [7, 11) is 0. The summed E-state index contributed by atoms with van der Waals surface area (Å²) in [4.78, 5) is 29.5. The average Bonchev–Trinajstić information content (AvgIpc) is 2.65. The quantitative estimate of drug-likeness (QED) is 0.620. The predicted molar refractivity (Wildman–Crippen MR) is 106 cm³/mol. The highest BCUT2D eigenvalue weighted by Gasteiger charge is 2.24. The van der Waals surface area contributed by atoms with Gasteiger partial charge in [-0.3, -0.25) is 14.9 Å². The topological polar surface area (TPSA) is 88.4 Å². The summed E-state index contributed by atoms with van der Waals surface area (Å²) in [6, 6.07) is 7.12. The van der Waals surface area contributed by atoms with E-state index in [0.29, 0.717) is 24.4 Å². The minimum absolute atomic E-state index is 0.0397. The zero-order chi connectivity index (χ0) is 19.4. The van der Waals surface area contributed by atoms with Crippen molar-refractivity contribution < 1.29 is 9.72 Å². The van der Waals surface area contributed by atoms with Gasteiger partial charge in [0.15, 0.2) is 5.52 Å². The average molecular weight is 370 g/mol. The number of rotatable bonds is 6. The summed E-state index contributed by atoms with van der Waals surface area (Å²) < 4.78 is 0. The summed E-state index contributed by atoms with van der Waals surface area (Å²) in [5, 5.41) is 15.2. The molecule has 27 heavy (non-hydrogen) atoms. The number of nitro groups is 1. The molecule has 0 radical (unpaired) electrons. The number of nitro benzene ring substituents is 1. The number of carbonyl (C=O) groups is 1. The monoisotopic (exact) mass is 370 g/mol. The Morgan fingerprint density at radius 3 is 3.00 bits per heavy atom. The fourth-order valence-corrected chi connectivity index (χ4v) is 3.77. The number of amides is 1. The maximum absolute atomic E-state index is 11.8. The highest BCUT2D eigenvalue weighted by molar-refractivity contribution is 5.97. The number of nitrogens with zero attached hydrogens (tertiary/aromatic N) is 3. The van der Waals surface area contributed by atoms with E-state index in [1.807, 2.05) is 26.0 Å². The molecule has 1 aromatic heterocycles. The van der Waals surface area contributed by atoms with Gasteiger partial charge in [-0.2, -0.15) is 0 Å². The van der Waals surface area contributed by atoms with Crippen molar-refractivity contribution in [3.63, 3.8) is 0 Å². The number of non-ortho nitro benzene ring substituents is 1. The highest BCUT2D eigenvalue weighted by atomic mass is 16.6. The molecule has 144 valence electrons. The molecular formula is C20H26N4O3. The van der Waals surface area contributed by atoms with Gasteiger partial charge in [0.25, 0.3) is 5.69 Å². The molecule has 0 aliphatic carbocycles. The maximum Gasteiger partial charge on any atom is 0.295 e. The number of benzene rings is 1. The molecule has 2 aromatic rings. The van der Waals surface area contributed by atoms with Crippen molar-refractivity contribution >= 4 is 28.2 Å². The van der Waals surface area contributed by atoms with Gasteiger partial charge in [-0.1, -0.05) is 19.1 Å². The summed E-state index contributed by atoms with van der Waals surface area (Å²) in [6.07, 6.45) is 3.52. The number of carbonyl (C=O) groups excluding carboxylic acids is 1. The first-order chi connectivity index (χ1) is 13.0. The lowest BCUT2D eigenvalue weighted by Gasteiger charge is -2.35. The van der Waals surface area contributed by atoms with Gasteiger partial charge in [-0.05, 0) is 38.2 Å². The Kier molecular flexibility index (Phi) is 5.88. The van der Waals surface area contributed by atoms with Crippen molar-refractivity contribution in [2.45, 2.75) is 39.5 Å². The smallest absolute Gasteiger partial charge is 0.295 e. The third-order valence-electron chi connectivity index (χ3n) is 5.05. The van der Waals surface area contributed by atoms with Gasteiger partial charge in [0, 0.05) is 48.9 Å². The van der Waals surface area contributed by atoms with E-state index in [0.717, 1.165) is 49.1 Å². The lowest BCUT2D eigenvalue weighted by atomic mass is 9.96. The second-order valence-electron chi connectivity index (χ2n) is 7.22. The Balaban J connectivity index is 1.85. The minimum Gasteiger partial charge on any atom is -0.371 e. The van der Waals surface area contributed by atoms with Crippen LogP contribution >= 0.6 is 0 Å². The van der Waals surface area contributed by atoms with Crippen molar-refractivity contribution in [2.24, 2.45) is 5.92 Å². The number of nitrogens with one attached hydrogen (secondary N) is 1. The highest BCUT2D eigenvalue weighted by Crippen LogP contribution is 2.34. The molecule has 1 fully saturated rings. The third kappa shape index (κ3) is 4.35. The van der Waals surface area contributed by atoms with Crippen molar-refractivity contribution in [3.8, 4) is 0 Å². The Hall–Kier alpha value is -2.70. The molecule has 7 nitrogen and oxygen atoms in total. The van der Waals surface area contributed by atoms with Crippen LogP contribution in [0.4, 0.5) is 11.4 Å². The molecule has 1 saturated heterocycles. The molecular weight excluding hydrogens is 344 g/mol. The van der Waals surface area contributed by atoms with E-state index < -0.39 is 0 Å². The van der Waals surface area contributed by atoms with E-state index in [1.54, 1.807) is 6.07 Å². The van der Waals surface area contributed by atoms with E-state index in [4.69, 9.17) is 0 Å². The van der Waals surface area contributed by atoms with Crippen LogP contribution in [-0.2, 0) is 4.79 Å². The lowest BCUT2D eigenvalue weighted by Crippen LogP contribution is -2.41. The summed E-state index contributed by atoms with van der Waals surface area (Å²) >= 11 is 0. The number of pyridine rings is 1. The predicted octanol–water partition coefficient (Wildman–Crippen LogP) is 3.58. The minimum atomic E-state index is -0.374. The number of para-hydroxylation sites is 1. The van der Waals surface area contributed by atoms with Gasteiger partial charge >= 0.3 is 0 Å². The lowest BCUT2D eigenvalue weighted by molar-refractivity contribution is -0.383. The molecule has 1 aliphatic rings. The molecule has 7 heteroatoms. The van der Waals surface area contributed by atoms with Crippen LogP contribution in [-0.4, -0.2) is 35.4 Å². The first kappa shape index (κ1) is 19.1. The second kappa shape index (κ2) is 8.33. The maximum atomic E-state index is 11.8. The van der Waals surface area contributed by atoms with Crippen LogP contribution in [0.1, 0.15) is 38.3 Å². The van der Waals surface area contributed by atoms with Gasteiger partial charge in [0.05, 0.1) is 4.92 Å². The zero-order valence-electron chi connectivity index (χ0n) is 15.9. The number of piperidine rings is 1. The molecule has 1 unspecified atom stereocenters. The fraction of sp³-hybridized carbons (Fsp3) is 0.500. The van der Waals surface area contributed by atoms with Crippen LogP contribution in [0.15, 0.2) is 24.3 Å². The van der Waals surface area contributed by atoms with Crippen LogP contribution in [0.5, 0.6) is 0 Å². The first-order valence-electron chi connectivity index (χ1n) is 9.56. The molecule has 3 rings (SSSR count). The normalized spacial score (nSPS) is 17.1. The van der Waals surface area contributed by atoms with Crippen LogP contribution in [0.2, 0.25) is 0 Å². The summed E-state index contributed by atoms with van der Waals surface area (Å²) in [6.45, 7) is 6.27. The van der Waals surface area contributed by atoms with Gasteiger partial charge in [0.1, 0.15) is 0 Å². The van der Waals surface area contributed by atoms with E-state index in [1.165, 1.54) is 6.07 Å². The van der Waals surface area contributed by atoms with E-state index >= 15 is 0 Å². The van der Waals surface area contributed by atoms with Gasteiger partial charge < -0.3 is 10.2 Å². The third-order valence-corrected chi connectivity index (χ3v) is 5.05. The Labute approximate surface area is 158 Å². The molecule has 0 spiro atoms. The van der Waals surface area contributed by atoms with Crippen molar-refractivity contribution in [2.75, 3.05) is 24.5 Å². The number of hydrogen-bond donors (Lipinski definition) is 1. The van der Waals surface area contributed by atoms with E-state index in [2.05, 4.69) is 15.2 Å². The Bertz CT molecular complexity index is 852. The largest absolute Gasteiger partial charge is 0.371 e. The molecule has 1 atom stereocenters. The molecule has 0 bridgehead atoms. The fourth-order valence-electron chi connectivity index (χ4n) is 3.77. The van der Waals surface area contributed by atoms with Gasteiger partial charge in [-0.15, -0.1) is 0 Å². The molecule has 2 heterocycles. The summed E-state index contributed by atoms with van der Waals surface area (Å²) in [5.74, 6) is 0.484. The van der Waals surface area contributed by atoms with Crippen LogP contribution < -0.4 is 10.2 Å². The molecule has 1 aromatic carbocycles. The standard InChI is InChI=1S/C20H26N4O3/c1-3-6-19(25)21-12-15-7-5-10-23(13-15)18-11-14(2)22-20-16(18)8-4-9-17(20)24(26)27/h4,8-9,11,15H,3,5-7,10,12-13H2,1-2H3,(H,21,25). The van der Waals surface area contributed by atoms with Crippen molar-refractivity contribution in [3.05, 3.63) is 40.1 Å². The van der Waals surface area contributed by atoms with Gasteiger partial charge in [0.2, 0.25) is 5.91 Å². The van der Waals surface area contributed by atoms with E-state index in [-0.39, 0.29) is 16.5 Å². The second-order valence-corrected chi connectivity index (χ2v) is 7.22. The van der Waals surface area contributed by atoms with Gasteiger partial charge in [-0.25, -0.2) is 4.98 Å². The van der Waals surface area contributed by atoms with Crippen LogP contribution in [0, 0.1) is 23.0 Å². The van der Waals surface area contributed by atoms with Crippen LogP contribution in [0.3, 0.4) is 0 Å².